The molecule has 2 aliphatic heterocycles. The van der Waals surface area contributed by atoms with Crippen LogP contribution in [0.5, 0.6) is 0 Å². The summed E-state index contributed by atoms with van der Waals surface area (Å²) in [5.74, 6) is -2.15. The van der Waals surface area contributed by atoms with E-state index in [0.29, 0.717) is 16.9 Å². The first-order valence-electron chi connectivity index (χ1n) is 10.9. The molecule has 0 saturated carbocycles. The van der Waals surface area contributed by atoms with E-state index in [-0.39, 0.29) is 17.5 Å². The average Bonchev–Trinajstić information content (AvgIpc) is 2.95. The smallest absolute Gasteiger partial charge is 0.318 e. The van der Waals surface area contributed by atoms with Crippen LogP contribution in [0.3, 0.4) is 0 Å². The van der Waals surface area contributed by atoms with Crippen molar-refractivity contribution < 1.29 is 23.9 Å². The van der Waals surface area contributed by atoms with Crippen LogP contribution in [0.1, 0.15) is 72.6 Å². The molecule has 0 spiro atoms. The van der Waals surface area contributed by atoms with Crippen LogP contribution in [0.15, 0.2) is 35.3 Å². The second-order valence-electron chi connectivity index (χ2n) is 8.75. The summed E-state index contributed by atoms with van der Waals surface area (Å²) in [7, 11) is 0. The van der Waals surface area contributed by atoms with Crippen molar-refractivity contribution >= 4 is 17.5 Å². The van der Waals surface area contributed by atoms with E-state index in [2.05, 4.69) is 6.92 Å². The standard InChI is InChI=1S/C24H32O5/c1-5-6-7-8-9-10-11-15(2)22(26)20-21-18-14-28-16(3)12-17(18)13-19(25)24(21,4)29-23(20)27/h12-15,20-21H,5-11H2,1-4H3/t15-,20+,21-,24-/m0/s1. The Balaban J connectivity index is 1.74. The fraction of sp³-hybridized carbons (Fsp3) is 0.625. The Bertz CT molecular complexity index is 787. The third kappa shape index (κ3) is 4.10. The molecule has 0 amide bonds. The quantitative estimate of drug-likeness (QED) is 0.315. The fourth-order valence-electron chi connectivity index (χ4n) is 4.65. The normalized spacial score (nSPS) is 29.0. The molecule has 5 heteroatoms. The molecule has 0 N–H and O–H groups in total. The highest BCUT2D eigenvalue weighted by Crippen LogP contribution is 2.50. The SMILES string of the molecule is CCCCCCCC[C@H](C)C(=O)[C@@H]1C(=O)O[C@@]2(C)C(=O)C=C3C=C(C)OC=C3[C@@H]12. The van der Waals surface area contributed by atoms with Gasteiger partial charge in [0.05, 0.1) is 12.2 Å². The number of allylic oxidation sites excluding steroid dienone is 3. The van der Waals surface area contributed by atoms with E-state index in [0.717, 1.165) is 19.3 Å². The van der Waals surface area contributed by atoms with Gasteiger partial charge in [-0.2, -0.15) is 0 Å². The molecule has 1 saturated heterocycles. The third-order valence-electron chi connectivity index (χ3n) is 6.45. The van der Waals surface area contributed by atoms with Gasteiger partial charge in [-0.1, -0.05) is 52.4 Å². The minimum absolute atomic E-state index is 0.126. The van der Waals surface area contributed by atoms with Crippen LogP contribution in [0.4, 0.5) is 0 Å². The Morgan fingerprint density at radius 2 is 1.83 bits per heavy atom. The van der Waals surface area contributed by atoms with Crippen molar-refractivity contribution in [3.8, 4) is 0 Å². The van der Waals surface area contributed by atoms with Crippen LogP contribution in [0.25, 0.3) is 0 Å². The number of ketones is 2. The molecule has 4 atom stereocenters. The molecule has 0 radical (unpaired) electrons. The van der Waals surface area contributed by atoms with Gasteiger partial charge in [-0.15, -0.1) is 0 Å². The number of hydrogen-bond acceptors (Lipinski definition) is 5. The van der Waals surface area contributed by atoms with Gasteiger partial charge in [0.2, 0.25) is 0 Å². The van der Waals surface area contributed by atoms with Crippen molar-refractivity contribution in [3.63, 3.8) is 0 Å². The van der Waals surface area contributed by atoms with Crippen LogP contribution in [-0.2, 0) is 23.9 Å². The maximum Gasteiger partial charge on any atom is 0.318 e. The van der Waals surface area contributed by atoms with Crippen molar-refractivity contribution in [2.24, 2.45) is 17.8 Å². The lowest BCUT2D eigenvalue weighted by molar-refractivity contribution is -0.156. The minimum atomic E-state index is -1.34. The Kier molecular flexibility index (Phi) is 6.45. The molecule has 0 unspecified atom stereocenters. The Morgan fingerprint density at radius 3 is 2.55 bits per heavy atom. The molecule has 29 heavy (non-hydrogen) atoms. The zero-order valence-electron chi connectivity index (χ0n) is 18.0. The van der Waals surface area contributed by atoms with Crippen LogP contribution in [0.2, 0.25) is 0 Å². The molecule has 3 rings (SSSR count). The molecule has 0 aromatic heterocycles. The Morgan fingerprint density at radius 1 is 1.14 bits per heavy atom. The summed E-state index contributed by atoms with van der Waals surface area (Å²) < 4.78 is 11.1. The Labute approximate surface area is 173 Å². The first-order chi connectivity index (χ1) is 13.8. The van der Waals surface area contributed by atoms with E-state index in [4.69, 9.17) is 9.47 Å². The molecule has 1 aliphatic carbocycles. The van der Waals surface area contributed by atoms with Gasteiger partial charge in [0.25, 0.3) is 0 Å². The van der Waals surface area contributed by atoms with Gasteiger partial charge in [0.15, 0.2) is 17.2 Å². The van der Waals surface area contributed by atoms with Gasteiger partial charge in [-0.3, -0.25) is 14.4 Å². The van der Waals surface area contributed by atoms with Crippen molar-refractivity contribution in [2.75, 3.05) is 0 Å². The van der Waals surface area contributed by atoms with Crippen LogP contribution < -0.4 is 0 Å². The zero-order chi connectivity index (χ0) is 21.2. The Hall–Kier alpha value is -2.17. The predicted molar refractivity (Wildman–Crippen MR) is 110 cm³/mol. The summed E-state index contributed by atoms with van der Waals surface area (Å²) in [6.07, 6.45) is 12.5. The molecule has 0 aromatic rings. The molecule has 1 fully saturated rings. The van der Waals surface area contributed by atoms with Crippen LogP contribution >= 0.6 is 0 Å². The second kappa shape index (κ2) is 8.68. The summed E-state index contributed by atoms with van der Waals surface area (Å²) in [6, 6.07) is 0. The topological polar surface area (TPSA) is 69.7 Å². The highest BCUT2D eigenvalue weighted by molar-refractivity contribution is 6.10. The molecular formula is C24H32O5. The highest BCUT2D eigenvalue weighted by atomic mass is 16.6. The molecule has 5 nitrogen and oxygen atoms in total. The molecule has 2 heterocycles. The number of carbonyl (C=O) groups excluding carboxylic acids is 3. The lowest BCUT2D eigenvalue weighted by atomic mass is 9.66. The van der Waals surface area contributed by atoms with Gasteiger partial charge in [-0.25, -0.2) is 0 Å². The maximum absolute atomic E-state index is 13.2. The summed E-state index contributed by atoms with van der Waals surface area (Å²) in [6.45, 7) is 7.49. The molecule has 3 aliphatic rings. The molecule has 0 aromatic carbocycles. The summed E-state index contributed by atoms with van der Waals surface area (Å²) in [5, 5.41) is 0. The number of ether oxygens (including phenoxy) is 2. The van der Waals surface area contributed by atoms with Crippen molar-refractivity contribution in [2.45, 2.75) is 78.2 Å². The summed E-state index contributed by atoms with van der Waals surface area (Å²) in [4.78, 5) is 38.7. The molecular weight excluding hydrogens is 368 g/mol. The predicted octanol–water partition coefficient (Wildman–Crippen LogP) is 4.82. The van der Waals surface area contributed by atoms with E-state index in [1.54, 1.807) is 26.2 Å². The van der Waals surface area contributed by atoms with Gasteiger partial charge in [0, 0.05) is 11.5 Å². The number of Topliss-reactive ketones (excluding diaryl/α,β-unsaturated/α-hetero) is 1. The largest absolute Gasteiger partial charge is 0.469 e. The van der Waals surface area contributed by atoms with Gasteiger partial charge < -0.3 is 9.47 Å². The second-order valence-corrected chi connectivity index (χ2v) is 8.75. The molecule has 0 bridgehead atoms. The lowest BCUT2D eigenvalue weighted by Crippen LogP contribution is -2.47. The first-order valence-corrected chi connectivity index (χ1v) is 10.9. The van der Waals surface area contributed by atoms with Crippen molar-refractivity contribution in [3.05, 3.63) is 35.3 Å². The van der Waals surface area contributed by atoms with E-state index in [1.807, 2.05) is 6.92 Å². The highest BCUT2D eigenvalue weighted by Gasteiger charge is 2.62. The maximum atomic E-state index is 13.2. The van der Waals surface area contributed by atoms with Crippen molar-refractivity contribution in [1.29, 1.82) is 0 Å². The zero-order valence-corrected chi connectivity index (χ0v) is 18.0. The van der Waals surface area contributed by atoms with E-state index in [1.165, 1.54) is 31.8 Å². The lowest BCUT2D eigenvalue weighted by Gasteiger charge is -2.35. The van der Waals surface area contributed by atoms with Gasteiger partial charge in [-0.05, 0) is 38.0 Å². The number of hydrogen-bond donors (Lipinski definition) is 0. The van der Waals surface area contributed by atoms with E-state index in [9.17, 15) is 14.4 Å². The number of unbranched alkanes of at least 4 members (excludes halogenated alkanes) is 5. The third-order valence-corrected chi connectivity index (χ3v) is 6.45. The van der Waals surface area contributed by atoms with Gasteiger partial charge in [0.1, 0.15) is 11.7 Å². The van der Waals surface area contributed by atoms with Crippen LogP contribution in [0, 0.1) is 17.8 Å². The average molecular weight is 401 g/mol. The summed E-state index contributed by atoms with van der Waals surface area (Å²) in [5.41, 5.74) is 0.0734. The number of fused-ring (bicyclic) bond motifs is 3. The van der Waals surface area contributed by atoms with Gasteiger partial charge >= 0.3 is 5.97 Å². The fourth-order valence-corrected chi connectivity index (χ4v) is 4.65. The monoisotopic (exact) mass is 400 g/mol. The van der Waals surface area contributed by atoms with E-state index >= 15 is 0 Å². The molecule has 158 valence electrons. The van der Waals surface area contributed by atoms with Crippen molar-refractivity contribution in [1.82, 2.24) is 0 Å². The van der Waals surface area contributed by atoms with E-state index < -0.39 is 23.4 Å². The van der Waals surface area contributed by atoms with Crippen LogP contribution in [-0.4, -0.2) is 23.1 Å². The minimum Gasteiger partial charge on any atom is -0.469 e. The number of esters is 1. The summed E-state index contributed by atoms with van der Waals surface area (Å²) >= 11 is 0. The number of carbonyl (C=O) groups is 3. The first kappa shape index (κ1) is 21.5. The number of rotatable bonds is 9.